The highest BCUT2D eigenvalue weighted by Crippen LogP contribution is 2.29. The second-order valence-corrected chi connectivity index (χ2v) is 7.23. The SMILES string of the molecule is CC(C)(C)NCCCc1nnc(-c2cc(Br)ccc2Cl)o1. The van der Waals surface area contributed by atoms with E-state index in [-0.39, 0.29) is 5.54 Å². The van der Waals surface area contributed by atoms with Crippen molar-refractivity contribution in [1.82, 2.24) is 15.5 Å². The largest absolute Gasteiger partial charge is 0.421 e. The number of nitrogens with zero attached hydrogens (tertiary/aromatic N) is 2. The van der Waals surface area contributed by atoms with Gasteiger partial charge in [0.2, 0.25) is 11.8 Å². The molecule has 0 fully saturated rings. The molecule has 0 amide bonds. The Labute approximate surface area is 138 Å². The molecule has 114 valence electrons. The molecule has 0 aliphatic heterocycles. The van der Waals surface area contributed by atoms with Crippen LogP contribution in [0.25, 0.3) is 11.5 Å². The topological polar surface area (TPSA) is 51.0 Å². The number of hydrogen-bond donors (Lipinski definition) is 1. The van der Waals surface area contributed by atoms with Crippen LogP contribution in [0.2, 0.25) is 5.02 Å². The minimum Gasteiger partial charge on any atom is -0.421 e. The van der Waals surface area contributed by atoms with Crippen molar-refractivity contribution in [1.29, 1.82) is 0 Å². The number of hydrogen-bond acceptors (Lipinski definition) is 4. The molecule has 0 bridgehead atoms. The first-order valence-corrected chi connectivity index (χ1v) is 8.05. The summed E-state index contributed by atoms with van der Waals surface area (Å²) in [5, 5.41) is 12.2. The van der Waals surface area contributed by atoms with Crippen molar-refractivity contribution in [3.05, 3.63) is 33.6 Å². The lowest BCUT2D eigenvalue weighted by Gasteiger charge is -2.19. The Morgan fingerprint density at radius 1 is 1.29 bits per heavy atom. The molecular weight excluding hydrogens is 354 g/mol. The maximum absolute atomic E-state index is 6.16. The van der Waals surface area contributed by atoms with Crippen LogP contribution in [0, 0.1) is 0 Å². The Balaban J connectivity index is 1.97. The van der Waals surface area contributed by atoms with Crippen LogP contribution in [0.5, 0.6) is 0 Å². The van der Waals surface area contributed by atoms with E-state index in [4.69, 9.17) is 16.0 Å². The summed E-state index contributed by atoms with van der Waals surface area (Å²) in [7, 11) is 0. The molecule has 1 aromatic heterocycles. The fourth-order valence-corrected chi connectivity index (χ4v) is 2.39. The third-order valence-electron chi connectivity index (χ3n) is 2.85. The first-order valence-electron chi connectivity index (χ1n) is 6.88. The average Bonchev–Trinajstić information content (AvgIpc) is 2.85. The molecule has 1 heterocycles. The summed E-state index contributed by atoms with van der Waals surface area (Å²) in [6, 6.07) is 5.56. The summed E-state index contributed by atoms with van der Waals surface area (Å²) < 4.78 is 6.61. The van der Waals surface area contributed by atoms with Crippen LogP contribution in [0.1, 0.15) is 33.1 Å². The summed E-state index contributed by atoms with van der Waals surface area (Å²) in [6.45, 7) is 7.35. The summed E-state index contributed by atoms with van der Waals surface area (Å²) in [6.07, 6.45) is 1.70. The average molecular weight is 373 g/mol. The molecule has 21 heavy (non-hydrogen) atoms. The number of halogens is 2. The van der Waals surface area contributed by atoms with Crippen LogP contribution >= 0.6 is 27.5 Å². The predicted octanol–water partition coefficient (Wildman–Crippen LogP) is 4.47. The molecule has 0 aliphatic carbocycles. The first-order chi connectivity index (χ1) is 9.85. The van der Waals surface area contributed by atoms with E-state index >= 15 is 0 Å². The van der Waals surface area contributed by atoms with Crippen LogP contribution in [0.4, 0.5) is 0 Å². The molecule has 0 aliphatic rings. The molecule has 0 saturated heterocycles. The van der Waals surface area contributed by atoms with Gasteiger partial charge in [0.15, 0.2) is 0 Å². The van der Waals surface area contributed by atoms with Gasteiger partial charge in [0.25, 0.3) is 0 Å². The van der Waals surface area contributed by atoms with Gasteiger partial charge in [-0.3, -0.25) is 0 Å². The normalized spacial score (nSPS) is 11.9. The van der Waals surface area contributed by atoms with E-state index in [2.05, 4.69) is 52.2 Å². The highest BCUT2D eigenvalue weighted by molar-refractivity contribution is 9.10. The summed E-state index contributed by atoms with van der Waals surface area (Å²) in [4.78, 5) is 0. The molecule has 4 nitrogen and oxygen atoms in total. The minimum atomic E-state index is 0.129. The molecule has 0 radical (unpaired) electrons. The van der Waals surface area contributed by atoms with E-state index in [9.17, 15) is 0 Å². The summed E-state index contributed by atoms with van der Waals surface area (Å²) >= 11 is 9.57. The first kappa shape index (κ1) is 16.5. The number of aryl methyl sites for hydroxylation is 1. The lowest BCUT2D eigenvalue weighted by atomic mass is 10.1. The lowest BCUT2D eigenvalue weighted by molar-refractivity contribution is 0.412. The van der Waals surface area contributed by atoms with E-state index in [1.807, 2.05) is 12.1 Å². The van der Waals surface area contributed by atoms with Crippen LogP contribution in [0.3, 0.4) is 0 Å². The van der Waals surface area contributed by atoms with E-state index in [0.29, 0.717) is 16.8 Å². The fraction of sp³-hybridized carbons (Fsp3) is 0.467. The van der Waals surface area contributed by atoms with Crippen molar-refractivity contribution in [2.75, 3.05) is 6.54 Å². The monoisotopic (exact) mass is 371 g/mol. The van der Waals surface area contributed by atoms with Gasteiger partial charge in [0.1, 0.15) is 0 Å². The summed E-state index contributed by atoms with van der Waals surface area (Å²) in [5.74, 6) is 1.09. The molecule has 0 unspecified atom stereocenters. The standard InChI is InChI=1S/C15H19BrClN3O/c1-15(2,3)18-8-4-5-13-19-20-14(21-13)11-9-10(16)6-7-12(11)17/h6-7,9,18H,4-5,8H2,1-3H3. The molecule has 2 aromatic rings. The maximum Gasteiger partial charge on any atom is 0.249 e. The van der Waals surface area contributed by atoms with E-state index < -0.39 is 0 Å². The van der Waals surface area contributed by atoms with Crippen molar-refractivity contribution in [2.24, 2.45) is 0 Å². The van der Waals surface area contributed by atoms with E-state index in [0.717, 1.165) is 29.4 Å². The van der Waals surface area contributed by atoms with Gasteiger partial charge in [-0.1, -0.05) is 27.5 Å². The van der Waals surface area contributed by atoms with Gasteiger partial charge in [0.05, 0.1) is 10.6 Å². The molecule has 1 aromatic carbocycles. The van der Waals surface area contributed by atoms with Crippen molar-refractivity contribution < 1.29 is 4.42 Å². The predicted molar refractivity (Wildman–Crippen MR) is 88.5 cm³/mol. The van der Waals surface area contributed by atoms with Crippen molar-refractivity contribution in [3.63, 3.8) is 0 Å². The smallest absolute Gasteiger partial charge is 0.249 e. The zero-order valence-corrected chi connectivity index (χ0v) is 14.8. The maximum atomic E-state index is 6.16. The molecule has 2 rings (SSSR count). The number of benzene rings is 1. The minimum absolute atomic E-state index is 0.129. The van der Waals surface area contributed by atoms with Gasteiger partial charge in [-0.2, -0.15) is 0 Å². The lowest BCUT2D eigenvalue weighted by Crippen LogP contribution is -2.36. The fourth-order valence-electron chi connectivity index (χ4n) is 1.83. The third kappa shape index (κ3) is 5.09. The van der Waals surface area contributed by atoms with Gasteiger partial charge in [-0.25, -0.2) is 0 Å². The molecule has 1 N–H and O–H groups in total. The van der Waals surface area contributed by atoms with E-state index in [1.165, 1.54) is 0 Å². The molecule has 0 saturated carbocycles. The van der Waals surface area contributed by atoms with Crippen LogP contribution in [0.15, 0.2) is 27.1 Å². The molecule has 0 spiro atoms. The van der Waals surface area contributed by atoms with Crippen molar-refractivity contribution >= 4 is 27.5 Å². The van der Waals surface area contributed by atoms with E-state index in [1.54, 1.807) is 6.07 Å². The second-order valence-electron chi connectivity index (χ2n) is 5.91. The van der Waals surface area contributed by atoms with Crippen LogP contribution in [-0.4, -0.2) is 22.3 Å². The zero-order valence-electron chi connectivity index (χ0n) is 12.4. The van der Waals surface area contributed by atoms with Crippen molar-refractivity contribution in [3.8, 4) is 11.5 Å². The van der Waals surface area contributed by atoms with Gasteiger partial charge in [0, 0.05) is 16.4 Å². The number of rotatable bonds is 5. The second kappa shape index (κ2) is 6.90. The molecule has 6 heteroatoms. The van der Waals surface area contributed by atoms with Gasteiger partial charge < -0.3 is 9.73 Å². The highest BCUT2D eigenvalue weighted by atomic mass is 79.9. The summed E-state index contributed by atoms with van der Waals surface area (Å²) in [5.41, 5.74) is 0.877. The molecular formula is C15H19BrClN3O. The number of aromatic nitrogens is 2. The Kier molecular flexibility index (Phi) is 5.41. The zero-order chi connectivity index (χ0) is 15.5. The quantitative estimate of drug-likeness (QED) is 0.787. The van der Waals surface area contributed by atoms with Gasteiger partial charge >= 0.3 is 0 Å². The molecule has 0 atom stereocenters. The highest BCUT2D eigenvalue weighted by Gasteiger charge is 2.13. The number of nitrogens with one attached hydrogen (secondary N) is 1. The Morgan fingerprint density at radius 2 is 2.05 bits per heavy atom. The Morgan fingerprint density at radius 3 is 2.76 bits per heavy atom. The van der Waals surface area contributed by atoms with Gasteiger partial charge in [-0.15, -0.1) is 10.2 Å². The third-order valence-corrected chi connectivity index (χ3v) is 3.67. The van der Waals surface area contributed by atoms with Crippen LogP contribution < -0.4 is 5.32 Å². The van der Waals surface area contributed by atoms with Crippen LogP contribution in [-0.2, 0) is 6.42 Å². The Bertz CT molecular complexity index is 607. The van der Waals surface area contributed by atoms with Crippen molar-refractivity contribution in [2.45, 2.75) is 39.2 Å². The Hall–Kier alpha value is -0.910. The van der Waals surface area contributed by atoms with Gasteiger partial charge in [-0.05, 0) is 51.9 Å².